The summed E-state index contributed by atoms with van der Waals surface area (Å²) in [5.74, 6) is 0. The average molecular weight is 1750 g/mol. The Morgan fingerprint density at radius 1 is 0.0797 bits per heavy atom. The van der Waals surface area contributed by atoms with Gasteiger partial charge in [-0.05, 0) is 268 Å². The highest BCUT2D eigenvalue weighted by molar-refractivity contribution is 6.28. The van der Waals surface area contributed by atoms with Crippen LogP contribution in [-0.4, -0.2) is 27.4 Å². The van der Waals surface area contributed by atoms with E-state index in [2.05, 4.69) is 537 Å². The maximum absolute atomic E-state index is 2.46. The van der Waals surface area contributed by atoms with Gasteiger partial charge in [0.25, 0.3) is 0 Å². The van der Waals surface area contributed by atoms with Crippen LogP contribution in [0.2, 0.25) is 0 Å². The highest BCUT2D eigenvalue weighted by Crippen LogP contribution is 2.47. The number of hydrogen-bond donors (Lipinski definition) is 0. The van der Waals surface area contributed by atoms with Crippen molar-refractivity contribution in [3.63, 3.8) is 0 Å². The molecule has 0 saturated heterocycles. The predicted molar refractivity (Wildman–Crippen MR) is 587 cm³/mol. The second-order valence-corrected chi connectivity index (χ2v) is 36.5. The van der Waals surface area contributed by atoms with E-state index < -0.39 is 0 Å². The first-order chi connectivity index (χ1) is 68.5. The minimum absolute atomic E-state index is 1.17. The van der Waals surface area contributed by atoms with Gasteiger partial charge in [-0.15, -0.1) is 0 Å². The van der Waals surface area contributed by atoms with Crippen LogP contribution in [0.1, 0.15) is 0 Å². The number of nitrogens with zero attached hydrogens (tertiary/aromatic N) is 6. The average Bonchev–Trinajstić information content (AvgIpc) is 1.20. The highest BCUT2D eigenvalue weighted by atomic mass is 15.0. The molecule has 0 aliphatic rings. The summed E-state index contributed by atoms with van der Waals surface area (Å²) in [6.45, 7) is 0. The van der Waals surface area contributed by atoms with Gasteiger partial charge in [0.1, 0.15) is 0 Å². The van der Waals surface area contributed by atoms with Crippen molar-refractivity contribution >= 4 is 195 Å². The molecule has 0 fully saturated rings. The molecule has 0 unspecified atom stereocenters. The van der Waals surface area contributed by atoms with E-state index in [9.17, 15) is 0 Å². The quantitative estimate of drug-likeness (QED) is 0.129. The zero-order valence-corrected chi connectivity index (χ0v) is 75.2. The normalized spacial score (nSPS) is 11.9. The standard InChI is InChI=1S/2C48H30N2.C36H24N2/c1-2-12-33(13-3-1)49-45-20-10-8-18-40(45)43-28-31(22-26-47(43)49)32-23-27-48-44(29-32)41-19-9-11-21-46(41)50(48)34-24-25-39-37-16-5-4-14-35(37)36-15-6-7-17-38(36)42(39)30-34;1-2-12-33(13-3-1)49-45-20-10-8-18-40(45)42-25-22-31(28-47(42)49)32-23-26-43-41-19-9-11-21-46(41)50(48(43)29-32)34-24-27-39-37-16-5-4-14-35(37)36-15-6-7-17-38(36)44(39)30-34;1-3-11-27(12-4-1)37-33-17-9-7-15-29(33)31-23-25(19-21-35(31)37)26-20-22-36-32(24-26)30-16-8-10-18-34(30)38(36)28-13-5-2-6-14-28/h2*1-30H;1-24H. The molecule has 0 radical (unpaired) electrons. The molecule has 0 atom stereocenters. The summed E-state index contributed by atoms with van der Waals surface area (Å²) in [5, 5.41) is 30.7. The Bertz CT molecular complexity index is 10000. The summed E-state index contributed by atoms with van der Waals surface area (Å²) >= 11 is 0. The Hall–Kier alpha value is -18.4. The lowest BCUT2D eigenvalue weighted by Gasteiger charge is -2.14. The monoisotopic (exact) mass is 1750 g/mol. The fourth-order valence-electron chi connectivity index (χ4n) is 23.0. The van der Waals surface area contributed by atoms with Crippen molar-refractivity contribution in [2.45, 2.75) is 0 Å². The van der Waals surface area contributed by atoms with E-state index in [1.807, 2.05) is 0 Å². The molecule has 138 heavy (non-hydrogen) atoms. The predicted octanol–water partition coefficient (Wildman–Crippen LogP) is 35.6. The van der Waals surface area contributed by atoms with Crippen molar-refractivity contribution in [2.24, 2.45) is 0 Å². The maximum Gasteiger partial charge on any atom is 0.0547 e. The molecule has 0 aliphatic carbocycles. The third-order valence-corrected chi connectivity index (χ3v) is 29.1. The number of fused-ring (bicyclic) bond motifs is 30. The topological polar surface area (TPSA) is 29.6 Å². The summed E-state index contributed by atoms with van der Waals surface area (Å²) in [6.07, 6.45) is 0. The van der Waals surface area contributed by atoms with Crippen LogP contribution in [-0.2, 0) is 0 Å². The molecule has 24 aromatic carbocycles. The van der Waals surface area contributed by atoms with E-state index in [0.29, 0.717) is 0 Å². The number of para-hydroxylation sites is 10. The SMILES string of the molecule is c1ccc(-n2c3ccccc3c3cc(-c4ccc5c(c4)c4ccccc4n5-c4ccc5c6ccccc6c6ccccc6c5c4)ccc32)cc1.c1ccc(-n2c3ccccc3c3cc(-c4ccc5c(c4)c4ccccc4n5-c4ccccc4)ccc32)cc1.c1ccc(-n2c3ccccc3c3ccc(-c4ccc5c6ccccc6n(-c6ccc7c8ccccc8c8ccccc8c7c6)c5c4)cc32)cc1. The van der Waals surface area contributed by atoms with Gasteiger partial charge < -0.3 is 27.4 Å². The first kappa shape index (κ1) is 78.3. The van der Waals surface area contributed by atoms with Crippen molar-refractivity contribution in [1.29, 1.82) is 0 Å². The van der Waals surface area contributed by atoms with Gasteiger partial charge in [-0.1, -0.05) is 340 Å². The van der Waals surface area contributed by atoms with Crippen molar-refractivity contribution in [3.8, 4) is 67.5 Å². The third kappa shape index (κ3) is 12.4. The second-order valence-electron chi connectivity index (χ2n) is 36.5. The van der Waals surface area contributed by atoms with Gasteiger partial charge in [0.15, 0.2) is 0 Å². The van der Waals surface area contributed by atoms with Gasteiger partial charge in [-0.3, -0.25) is 0 Å². The van der Waals surface area contributed by atoms with Crippen molar-refractivity contribution in [2.75, 3.05) is 0 Å². The smallest absolute Gasteiger partial charge is 0.0547 e. The Kier molecular flexibility index (Phi) is 18.0. The lowest BCUT2D eigenvalue weighted by molar-refractivity contribution is 1.18. The lowest BCUT2D eigenvalue weighted by atomic mass is 9.94. The third-order valence-electron chi connectivity index (χ3n) is 29.1. The van der Waals surface area contributed by atoms with Gasteiger partial charge in [0, 0.05) is 98.8 Å². The molecule has 0 amide bonds. The van der Waals surface area contributed by atoms with Crippen LogP contribution in [0.3, 0.4) is 0 Å². The van der Waals surface area contributed by atoms with E-state index in [0.717, 1.165) is 0 Å². The van der Waals surface area contributed by atoms with Gasteiger partial charge in [-0.2, -0.15) is 0 Å². The van der Waals surface area contributed by atoms with Crippen molar-refractivity contribution in [3.05, 3.63) is 510 Å². The zero-order valence-electron chi connectivity index (χ0n) is 75.2. The molecular weight excluding hydrogens is 1670 g/mol. The van der Waals surface area contributed by atoms with Gasteiger partial charge in [0.05, 0.1) is 66.2 Å². The summed E-state index contributed by atoms with van der Waals surface area (Å²) in [6, 6.07) is 186. The molecular formula is C132H84N6. The minimum Gasteiger partial charge on any atom is -0.309 e. The molecule has 642 valence electrons. The van der Waals surface area contributed by atoms with E-state index in [4.69, 9.17) is 0 Å². The first-order valence-electron chi connectivity index (χ1n) is 47.6. The fraction of sp³-hybridized carbons (Fsp3) is 0. The Labute approximate surface area is 794 Å². The number of benzene rings is 24. The van der Waals surface area contributed by atoms with Gasteiger partial charge in [-0.25, -0.2) is 0 Å². The molecule has 0 N–H and O–H groups in total. The number of rotatable bonds is 9. The van der Waals surface area contributed by atoms with Crippen LogP contribution in [0, 0.1) is 0 Å². The van der Waals surface area contributed by atoms with Gasteiger partial charge >= 0.3 is 0 Å². The Balaban J connectivity index is 0.000000103. The molecule has 30 aromatic rings. The van der Waals surface area contributed by atoms with Crippen LogP contribution >= 0.6 is 0 Å². The van der Waals surface area contributed by atoms with E-state index in [-0.39, 0.29) is 0 Å². The molecule has 6 aromatic heterocycles. The molecule has 6 heteroatoms. The molecule has 30 rings (SSSR count). The fourth-order valence-corrected chi connectivity index (χ4v) is 23.0. The Morgan fingerprint density at radius 3 is 0.500 bits per heavy atom. The molecule has 0 spiro atoms. The summed E-state index contributed by atoms with van der Waals surface area (Å²) in [7, 11) is 0. The summed E-state index contributed by atoms with van der Waals surface area (Å²) in [4.78, 5) is 0. The van der Waals surface area contributed by atoms with Crippen LogP contribution in [0.25, 0.3) is 263 Å². The van der Waals surface area contributed by atoms with Crippen LogP contribution < -0.4 is 0 Å². The van der Waals surface area contributed by atoms with Gasteiger partial charge in [0.2, 0.25) is 0 Å². The van der Waals surface area contributed by atoms with Crippen LogP contribution in [0.5, 0.6) is 0 Å². The van der Waals surface area contributed by atoms with E-state index >= 15 is 0 Å². The first-order valence-corrected chi connectivity index (χ1v) is 47.6. The molecule has 6 heterocycles. The molecule has 6 nitrogen and oxygen atoms in total. The molecule has 0 aliphatic heterocycles. The van der Waals surface area contributed by atoms with E-state index in [1.54, 1.807) is 0 Å². The highest BCUT2D eigenvalue weighted by Gasteiger charge is 2.24. The zero-order chi connectivity index (χ0) is 90.6. The maximum atomic E-state index is 2.46. The number of hydrogen-bond acceptors (Lipinski definition) is 0. The lowest BCUT2D eigenvalue weighted by Crippen LogP contribution is -1.95. The van der Waals surface area contributed by atoms with Crippen LogP contribution in [0.15, 0.2) is 510 Å². The van der Waals surface area contributed by atoms with Crippen LogP contribution in [0.4, 0.5) is 0 Å². The summed E-state index contributed by atoms with van der Waals surface area (Å²) < 4.78 is 14.4. The molecule has 0 bridgehead atoms. The number of aromatic nitrogens is 6. The minimum atomic E-state index is 1.17. The van der Waals surface area contributed by atoms with Crippen molar-refractivity contribution in [1.82, 2.24) is 27.4 Å². The van der Waals surface area contributed by atoms with E-state index in [1.165, 1.54) is 263 Å². The largest absolute Gasteiger partial charge is 0.309 e. The second kappa shape index (κ2) is 31.7. The Morgan fingerprint density at radius 2 is 0.239 bits per heavy atom. The van der Waals surface area contributed by atoms with Crippen molar-refractivity contribution < 1.29 is 0 Å². The molecule has 0 saturated carbocycles. The summed E-state index contributed by atoms with van der Waals surface area (Å²) in [5.41, 5.74) is 29.0.